The minimum atomic E-state index is -0.457. The predicted octanol–water partition coefficient (Wildman–Crippen LogP) is 2.07. The smallest absolute Gasteiger partial charge is 0.237 e. The van der Waals surface area contributed by atoms with Gasteiger partial charge in [-0.15, -0.1) is 12.4 Å². The lowest BCUT2D eigenvalue weighted by atomic mass is 10.1. The molecule has 0 spiro atoms. The van der Waals surface area contributed by atoms with Crippen LogP contribution in [0.1, 0.15) is 30.7 Å². The van der Waals surface area contributed by atoms with Crippen molar-refractivity contribution >= 4 is 29.3 Å². The molecule has 7 heteroatoms. The number of carbonyl (C=O) groups is 1. The van der Waals surface area contributed by atoms with E-state index in [1.807, 2.05) is 32.0 Å². The van der Waals surface area contributed by atoms with Crippen molar-refractivity contribution in [2.45, 2.75) is 38.5 Å². The summed E-state index contributed by atoms with van der Waals surface area (Å²) in [7, 11) is 1.63. The number of carbonyl (C=O) groups excluding carboxylic acids is 1. The molecule has 1 saturated heterocycles. The van der Waals surface area contributed by atoms with Crippen LogP contribution < -0.4 is 15.4 Å². The van der Waals surface area contributed by atoms with Gasteiger partial charge in [0, 0.05) is 17.5 Å². The van der Waals surface area contributed by atoms with Crippen LogP contribution in [0.4, 0.5) is 0 Å². The van der Waals surface area contributed by atoms with E-state index < -0.39 is 6.10 Å². The number of rotatable bonds is 4. The van der Waals surface area contributed by atoms with Crippen LogP contribution in [0, 0.1) is 6.92 Å². The molecule has 2 aromatic rings. The van der Waals surface area contributed by atoms with Gasteiger partial charge in [0.1, 0.15) is 17.1 Å². The predicted molar refractivity (Wildman–Crippen MR) is 93.7 cm³/mol. The van der Waals surface area contributed by atoms with E-state index in [1.165, 1.54) is 0 Å². The molecule has 2 heterocycles. The molecule has 132 valence electrons. The number of ether oxygens (including phenoxy) is 1. The number of fused-ring (bicyclic) bond motifs is 1. The van der Waals surface area contributed by atoms with Crippen molar-refractivity contribution in [1.82, 2.24) is 10.6 Å². The summed E-state index contributed by atoms with van der Waals surface area (Å²) in [5.74, 6) is 1.39. The summed E-state index contributed by atoms with van der Waals surface area (Å²) in [4.78, 5) is 12.3. The van der Waals surface area contributed by atoms with Crippen LogP contribution in [-0.2, 0) is 4.79 Å². The Morgan fingerprint density at radius 1 is 1.50 bits per heavy atom. The first-order chi connectivity index (χ1) is 11.0. The van der Waals surface area contributed by atoms with Gasteiger partial charge in [-0.05, 0) is 38.5 Å². The number of hydrogen-bond donors (Lipinski definition) is 3. The van der Waals surface area contributed by atoms with Gasteiger partial charge in [0.15, 0.2) is 0 Å². The highest BCUT2D eigenvalue weighted by Crippen LogP contribution is 2.32. The van der Waals surface area contributed by atoms with Crippen LogP contribution in [0.5, 0.6) is 5.75 Å². The fourth-order valence-corrected chi connectivity index (χ4v) is 3.06. The molecule has 1 aromatic heterocycles. The van der Waals surface area contributed by atoms with Crippen molar-refractivity contribution in [3.63, 3.8) is 0 Å². The van der Waals surface area contributed by atoms with Crippen molar-refractivity contribution in [1.29, 1.82) is 0 Å². The summed E-state index contributed by atoms with van der Waals surface area (Å²) in [5.41, 5.74) is 1.76. The van der Waals surface area contributed by atoms with E-state index in [0.717, 1.165) is 28.0 Å². The van der Waals surface area contributed by atoms with Crippen molar-refractivity contribution < 1.29 is 19.1 Å². The van der Waals surface area contributed by atoms with Gasteiger partial charge in [-0.25, -0.2) is 0 Å². The Morgan fingerprint density at radius 2 is 2.25 bits per heavy atom. The molecule has 0 saturated carbocycles. The third kappa shape index (κ3) is 3.50. The number of aliphatic hydroxyl groups excluding tert-OH is 1. The number of aliphatic hydroxyl groups is 1. The fraction of sp³-hybridized carbons (Fsp3) is 0.471. The Balaban J connectivity index is 0.00000208. The molecule has 6 nitrogen and oxygen atoms in total. The lowest BCUT2D eigenvalue weighted by molar-refractivity contribution is -0.123. The molecule has 0 bridgehead atoms. The number of halogens is 1. The first kappa shape index (κ1) is 18.6. The van der Waals surface area contributed by atoms with Gasteiger partial charge in [-0.3, -0.25) is 4.79 Å². The topological polar surface area (TPSA) is 83.7 Å². The Morgan fingerprint density at radius 3 is 2.88 bits per heavy atom. The Labute approximate surface area is 147 Å². The van der Waals surface area contributed by atoms with Crippen LogP contribution in [-0.4, -0.2) is 36.8 Å². The van der Waals surface area contributed by atoms with Gasteiger partial charge in [-0.1, -0.05) is 0 Å². The molecule has 3 unspecified atom stereocenters. The van der Waals surface area contributed by atoms with Gasteiger partial charge in [0.2, 0.25) is 5.91 Å². The van der Waals surface area contributed by atoms with Gasteiger partial charge in [0.25, 0.3) is 0 Å². The fourth-order valence-electron chi connectivity index (χ4n) is 3.06. The number of furan rings is 1. The van der Waals surface area contributed by atoms with E-state index in [4.69, 9.17) is 9.15 Å². The molecule has 1 fully saturated rings. The normalized spacial score (nSPS) is 21.3. The average molecular weight is 355 g/mol. The number of aryl methyl sites for hydroxylation is 1. The van der Waals surface area contributed by atoms with E-state index in [1.54, 1.807) is 7.11 Å². The molecule has 3 rings (SSSR count). The Kier molecular flexibility index (Phi) is 5.74. The summed E-state index contributed by atoms with van der Waals surface area (Å²) >= 11 is 0. The van der Waals surface area contributed by atoms with E-state index in [0.29, 0.717) is 13.0 Å². The maximum absolute atomic E-state index is 12.3. The third-order valence-electron chi connectivity index (χ3n) is 4.36. The third-order valence-corrected chi connectivity index (χ3v) is 4.36. The first-order valence-corrected chi connectivity index (χ1v) is 7.78. The molecule has 0 radical (unpaired) electrons. The number of methoxy groups -OCH3 is 1. The number of β-amino-alcohol motifs (C(OH)–C–C–N with tert-alkyl or cyclic N) is 1. The van der Waals surface area contributed by atoms with Gasteiger partial charge >= 0.3 is 0 Å². The number of amides is 1. The van der Waals surface area contributed by atoms with Gasteiger partial charge in [0.05, 0.1) is 25.3 Å². The molecule has 3 N–H and O–H groups in total. The zero-order valence-corrected chi connectivity index (χ0v) is 14.8. The maximum Gasteiger partial charge on any atom is 0.237 e. The number of hydrogen-bond acceptors (Lipinski definition) is 5. The minimum Gasteiger partial charge on any atom is -0.497 e. The van der Waals surface area contributed by atoms with E-state index in [9.17, 15) is 9.90 Å². The summed E-state index contributed by atoms with van der Waals surface area (Å²) in [6, 6.07) is 5.05. The lowest BCUT2D eigenvalue weighted by Crippen LogP contribution is -2.41. The SMILES string of the molecule is COc1ccc2oc(C(C)NC(=O)C3CC(O)CN3)c(C)c2c1.Cl. The van der Waals surface area contributed by atoms with Crippen LogP contribution in [0.15, 0.2) is 22.6 Å². The van der Waals surface area contributed by atoms with Gasteiger partial charge < -0.3 is 24.9 Å². The quantitative estimate of drug-likeness (QED) is 0.782. The summed E-state index contributed by atoms with van der Waals surface area (Å²) < 4.78 is 11.2. The van der Waals surface area contributed by atoms with Crippen molar-refractivity contribution in [2.75, 3.05) is 13.7 Å². The number of nitrogens with one attached hydrogen (secondary N) is 2. The molecule has 1 aliphatic heterocycles. The second kappa shape index (κ2) is 7.42. The summed E-state index contributed by atoms with van der Waals surface area (Å²) in [6.45, 7) is 4.32. The van der Waals surface area contributed by atoms with Crippen molar-refractivity contribution in [3.8, 4) is 5.75 Å². The molecular weight excluding hydrogens is 332 g/mol. The average Bonchev–Trinajstić information content (AvgIpc) is 3.11. The van der Waals surface area contributed by atoms with Crippen LogP contribution in [0.2, 0.25) is 0 Å². The van der Waals surface area contributed by atoms with Gasteiger partial charge in [-0.2, -0.15) is 0 Å². The van der Waals surface area contributed by atoms with Crippen molar-refractivity contribution in [3.05, 3.63) is 29.5 Å². The Hall–Kier alpha value is -1.76. The van der Waals surface area contributed by atoms with Crippen molar-refractivity contribution in [2.24, 2.45) is 0 Å². The van der Waals surface area contributed by atoms with E-state index >= 15 is 0 Å². The van der Waals surface area contributed by atoms with Crippen LogP contribution in [0.25, 0.3) is 11.0 Å². The second-order valence-electron chi connectivity index (χ2n) is 6.03. The van der Waals surface area contributed by atoms with Crippen LogP contribution in [0.3, 0.4) is 0 Å². The highest BCUT2D eigenvalue weighted by molar-refractivity contribution is 5.85. The highest BCUT2D eigenvalue weighted by atomic mass is 35.5. The van der Waals surface area contributed by atoms with Crippen LogP contribution >= 0.6 is 12.4 Å². The second-order valence-corrected chi connectivity index (χ2v) is 6.03. The molecular formula is C17H23ClN2O4. The zero-order chi connectivity index (χ0) is 16.6. The molecule has 1 amide bonds. The highest BCUT2D eigenvalue weighted by Gasteiger charge is 2.29. The first-order valence-electron chi connectivity index (χ1n) is 7.78. The summed E-state index contributed by atoms with van der Waals surface area (Å²) in [6.07, 6.45) is -0.0176. The summed E-state index contributed by atoms with van der Waals surface area (Å²) in [5, 5.41) is 16.5. The molecule has 1 aromatic carbocycles. The maximum atomic E-state index is 12.3. The minimum absolute atomic E-state index is 0. The molecule has 3 atom stereocenters. The standard InChI is InChI=1S/C17H22N2O4.ClH/c1-9-13-7-12(22-3)4-5-15(13)23-16(9)10(2)19-17(21)14-6-11(20)8-18-14;/h4-5,7,10-11,14,18,20H,6,8H2,1-3H3,(H,19,21);1H. The van der Waals surface area contributed by atoms with E-state index in [-0.39, 0.29) is 30.4 Å². The van der Waals surface area contributed by atoms with E-state index in [2.05, 4.69) is 10.6 Å². The zero-order valence-electron chi connectivity index (χ0n) is 14.0. The molecule has 24 heavy (non-hydrogen) atoms. The Bertz CT molecular complexity index is 731. The largest absolute Gasteiger partial charge is 0.497 e. The monoisotopic (exact) mass is 354 g/mol. The number of benzene rings is 1. The molecule has 0 aliphatic carbocycles. The molecule has 1 aliphatic rings. The lowest BCUT2D eigenvalue weighted by Gasteiger charge is -2.16.